The van der Waals surface area contributed by atoms with Crippen molar-refractivity contribution < 1.29 is 9.53 Å². The van der Waals surface area contributed by atoms with Gasteiger partial charge in [0, 0.05) is 24.2 Å². The number of hydrogen-bond donors (Lipinski definition) is 1. The second kappa shape index (κ2) is 6.73. The van der Waals surface area contributed by atoms with Crippen LogP contribution < -0.4 is 10.1 Å². The van der Waals surface area contributed by atoms with Crippen molar-refractivity contribution >= 4 is 29.3 Å². The van der Waals surface area contributed by atoms with Crippen molar-refractivity contribution in [3.8, 4) is 5.75 Å². The first kappa shape index (κ1) is 14.1. The van der Waals surface area contributed by atoms with E-state index in [-0.39, 0.29) is 5.91 Å². The molecule has 0 bridgehead atoms. The van der Waals surface area contributed by atoms with E-state index in [0.29, 0.717) is 16.5 Å². The molecule has 0 saturated heterocycles. The number of methoxy groups -OCH3 is 1. The highest BCUT2D eigenvalue weighted by molar-refractivity contribution is 6.32. The van der Waals surface area contributed by atoms with Crippen LogP contribution in [0.25, 0.3) is 6.08 Å². The minimum Gasteiger partial charge on any atom is -0.495 e. The van der Waals surface area contributed by atoms with E-state index in [4.69, 9.17) is 16.3 Å². The number of amides is 1. The van der Waals surface area contributed by atoms with Crippen LogP contribution in [0, 0.1) is 0 Å². The molecule has 0 unspecified atom stereocenters. The number of nitrogens with one attached hydrogen (secondary N) is 1. The van der Waals surface area contributed by atoms with E-state index < -0.39 is 0 Å². The molecular formula is C15H13ClN2O2. The first-order chi connectivity index (χ1) is 9.69. The number of benzene rings is 1. The van der Waals surface area contributed by atoms with E-state index in [1.165, 1.54) is 13.2 Å². The zero-order valence-corrected chi connectivity index (χ0v) is 11.6. The topological polar surface area (TPSA) is 51.2 Å². The SMILES string of the molecule is COc1ccc(NC(=O)C=Cc2ccncc2)cc1Cl. The molecule has 2 aromatic rings. The molecule has 102 valence electrons. The Morgan fingerprint density at radius 1 is 1.30 bits per heavy atom. The van der Waals surface area contributed by atoms with Crippen molar-refractivity contribution in [1.29, 1.82) is 0 Å². The van der Waals surface area contributed by atoms with Gasteiger partial charge in [0.25, 0.3) is 0 Å². The standard InChI is InChI=1S/C15H13ClN2O2/c1-20-14-4-3-12(10-13(14)16)18-15(19)5-2-11-6-8-17-9-7-11/h2-10H,1H3,(H,18,19). The Kier molecular flexibility index (Phi) is 4.74. The molecule has 20 heavy (non-hydrogen) atoms. The summed E-state index contributed by atoms with van der Waals surface area (Å²) >= 11 is 5.98. The summed E-state index contributed by atoms with van der Waals surface area (Å²) in [5, 5.41) is 3.17. The van der Waals surface area contributed by atoms with Crippen molar-refractivity contribution in [3.05, 3.63) is 59.4 Å². The first-order valence-electron chi connectivity index (χ1n) is 5.91. The second-order valence-electron chi connectivity index (χ2n) is 3.95. The van der Waals surface area contributed by atoms with E-state index in [2.05, 4.69) is 10.3 Å². The quantitative estimate of drug-likeness (QED) is 0.877. The van der Waals surface area contributed by atoms with Crippen molar-refractivity contribution in [2.45, 2.75) is 0 Å². The number of anilines is 1. The number of aromatic nitrogens is 1. The Labute approximate surface area is 122 Å². The van der Waals surface area contributed by atoms with Crippen LogP contribution >= 0.6 is 11.6 Å². The molecule has 0 aliphatic rings. The van der Waals surface area contributed by atoms with Crippen LogP contribution in [0.3, 0.4) is 0 Å². The smallest absolute Gasteiger partial charge is 0.248 e. The van der Waals surface area contributed by atoms with E-state index in [1.54, 1.807) is 36.7 Å². The first-order valence-corrected chi connectivity index (χ1v) is 6.29. The Hall–Kier alpha value is -2.33. The maximum atomic E-state index is 11.8. The summed E-state index contributed by atoms with van der Waals surface area (Å²) < 4.78 is 5.05. The largest absolute Gasteiger partial charge is 0.495 e. The van der Waals surface area contributed by atoms with Gasteiger partial charge in [-0.1, -0.05) is 11.6 Å². The van der Waals surface area contributed by atoms with Gasteiger partial charge in [-0.15, -0.1) is 0 Å². The summed E-state index contributed by atoms with van der Waals surface area (Å²) in [6, 6.07) is 8.69. The van der Waals surface area contributed by atoms with Gasteiger partial charge in [0.1, 0.15) is 5.75 Å². The molecule has 1 N–H and O–H groups in total. The molecule has 4 nitrogen and oxygen atoms in total. The summed E-state index contributed by atoms with van der Waals surface area (Å²) in [4.78, 5) is 15.7. The third-order valence-electron chi connectivity index (χ3n) is 2.55. The van der Waals surface area contributed by atoms with E-state index >= 15 is 0 Å². The number of hydrogen-bond acceptors (Lipinski definition) is 3. The molecule has 0 atom stereocenters. The van der Waals surface area contributed by atoms with Crippen LogP contribution in [0.15, 0.2) is 48.8 Å². The molecule has 1 heterocycles. The van der Waals surface area contributed by atoms with Crippen LogP contribution in [0.4, 0.5) is 5.69 Å². The average Bonchev–Trinajstić information content (AvgIpc) is 2.46. The normalized spacial score (nSPS) is 10.5. The van der Waals surface area contributed by atoms with Crippen LogP contribution in [-0.2, 0) is 4.79 Å². The minimum atomic E-state index is -0.233. The highest BCUT2D eigenvalue weighted by Crippen LogP contribution is 2.27. The van der Waals surface area contributed by atoms with Gasteiger partial charge in [-0.05, 0) is 42.0 Å². The van der Waals surface area contributed by atoms with E-state index in [0.717, 1.165) is 5.56 Å². The lowest BCUT2D eigenvalue weighted by atomic mass is 10.2. The van der Waals surface area contributed by atoms with Gasteiger partial charge in [-0.25, -0.2) is 0 Å². The van der Waals surface area contributed by atoms with Crippen molar-refractivity contribution in [3.63, 3.8) is 0 Å². The summed E-state index contributed by atoms with van der Waals surface area (Å²) in [5.41, 5.74) is 1.52. The molecule has 0 saturated carbocycles. The lowest BCUT2D eigenvalue weighted by molar-refractivity contribution is -0.111. The maximum Gasteiger partial charge on any atom is 0.248 e. The molecule has 0 spiro atoms. The third kappa shape index (κ3) is 3.83. The van der Waals surface area contributed by atoms with Gasteiger partial charge in [0.05, 0.1) is 12.1 Å². The number of ether oxygens (including phenoxy) is 1. The van der Waals surface area contributed by atoms with Crippen LogP contribution in [0.1, 0.15) is 5.56 Å². The lowest BCUT2D eigenvalue weighted by Crippen LogP contribution is -2.07. The Morgan fingerprint density at radius 2 is 2.05 bits per heavy atom. The zero-order valence-electron chi connectivity index (χ0n) is 10.8. The minimum absolute atomic E-state index is 0.233. The number of halogens is 1. The van der Waals surface area contributed by atoms with E-state index in [9.17, 15) is 4.79 Å². The summed E-state index contributed by atoms with van der Waals surface area (Å²) in [6.45, 7) is 0. The van der Waals surface area contributed by atoms with Gasteiger partial charge in [-0.2, -0.15) is 0 Å². The van der Waals surface area contributed by atoms with E-state index in [1.807, 2.05) is 12.1 Å². The second-order valence-corrected chi connectivity index (χ2v) is 4.36. The third-order valence-corrected chi connectivity index (χ3v) is 2.85. The number of nitrogens with zero attached hydrogens (tertiary/aromatic N) is 1. The molecule has 1 amide bonds. The zero-order chi connectivity index (χ0) is 14.4. The average molecular weight is 289 g/mol. The van der Waals surface area contributed by atoms with Crippen molar-refractivity contribution in [2.75, 3.05) is 12.4 Å². The lowest BCUT2D eigenvalue weighted by Gasteiger charge is -2.06. The van der Waals surface area contributed by atoms with Gasteiger partial charge < -0.3 is 10.1 Å². The summed E-state index contributed by atoms with van der Waals surface area (Å²) in [5.74, 6) is 0.333. The predicted octanol–water partition coefficient (Wildman–Crippen LogP) is 3.40. The molecule has 0 aliphatic carbocycles. The molecule has 1 aromatic carbocycles. The molecule has 0 radical (unpaired) electrons. The predicted molar refractivity (Wildman–Crippen MR) is 79.9 cm³/mol. The van der Waals surface area contributed by atoms with Crippen LogP contribution in [0.5, 0.6) is 5.75 Å². The van der Waals surface area contributed by atoms with Gasteiger partial charge in [0.15, 0.2) is 0 Å². The molecule has 1 aromatic heterocycles. The molecular weight excluding hydrogens is 276 g/mol. The van der Waals surface area contributed by atoms with Crippen molar-refractivity contribution in [1.82, 2.24) is 4.98 Å². The molecule has 2 rings (SSSR count). The fourth-order valence-electron chi connectivity index (χ4n) is 1.57. The molecule has 0 fully saturated rings. The van der Waals surface area contributed by atoms with Gasteiger partial charge in [-0.3, -0.25) is 9.78 Å². The van der Waals surface area contributed by atoms with Crippen LogP contribution in [-0.4, -0.2) is 18.0 Å². The van der Waals surface area contributed by atoms with Crippen LogP contribution in [0.2, 0.25) is 5.02 Å². The molecule has 5 heteroatoms. The number of carbonyl (C=O) groups excluding carboxylic acids is 1. The fraction of sp³-hybridized carbons (Fsp3) is 0.0667. The Morgan fingerprint density at radius 3 is 2.70 bits per heavy atom. The van der Waals surface area contributed by atoms with Crippen molar-refractivity contribution in [2.24, 2.45) is 0 Å². The highest BCUT2D eigenvalue weighted by atomic mass is 35.5. The summed E-state index contributed by atoms with van der Waals surface area (Å²) in [6.07, 6.45) is 6.50. The van der Waals surface area contributed by atoms with Gasteiger partial charge in [0.2, 0.25) is 5.91 Å². The monoisotopic (exact) mass is 288 g/mol. The Balaban J connectivity index is 2.01. The molecule has 0 aliphatic heterocycles. The number of pyridine rings is 1. The Bertz CT molecular complexity index is 627. The highest BCUT2D eigenvalue weighted by Gasteiger charge is 2.03. The van der Waals surface area contributed by atoms with Gasteiger partial charge >= 0.3 is 0 Å². The number of rotatable bonds is 4. The fourth-order valence-corrected chi connectivity index (χ4v) is 1.83. The number of carbonyl (C=O) groups is 1. The summed E-state index contributed by atoms with van der Waals surface area (Å²) in [7, 11) is 1.54. The maximum absolute atomic E-state index is 11.8.